The van der Waals surface area contributed by atoms with Gasteiger partial charge in [0.15, 0.2) is 0 Å². The smallest absolute Gasteiger partial charge is 0.264 e. The number of carbonyl (C=O) groups is 2. The summed E-state index contributed by atoms with van der Waals surface area (Å²) in [6.45, 7) is 2.87. The lowest BCUT2D eigenvalue weighted by atomic mass is 10.0. The van der Waals surface area contributed by atoms with Crippen LogP contribution in [0.3, 0.4) is 0 Å². The molecule has 0 saturated heterocycles. The Kier molecular flexibility index (Phi) is 12.1. The van der Waals surface area contributed by atoms with E-state index in [1.807, 2.05) is 44.2 Å². The number of carbonyl (C=O) groups excluding carboxylic acids is 2. The number of amides is 2. The predicted octanol–water partition coefficient (Wildman–Crippen LogP) is 6.37. The molecule has 9 nitrogen and oxygen atoms in total. The highest BCUT2D eigenvalue weighted by atomic mass is 35.5. The van der Waals surface area contributed by atoms with Gasteiger partial charge in [-0.15, -0.1) is 0 Å². The van der Waals surface area contributed by atoms with Crippen molar-refractivity contribution in [1.29, 1.82) is 0 Å². The average Bonchev–Trinajstić information content (AvgIpc) is 3.06. The third kappa shape index (κ3) is 8.97. The van der Waals surface area contributed by atoms with Crippen LogP contribution in [-0.4, -0.2) is 58.0 Å². The molecule has 0 radical (unpaired) electrons. The Hall–Kier alpha value is -4.25. The molecule has 248 valence electrons. The van der Waals surface area contributed by atoms with Gasteiger partial charge in [-0.05, 0) is 61.4 Å². The van der Waals surface area contributed by atoms with Crippen LogP contribution in [0.2, 0.25) is 10.0 Å². The maximum absolute atomic E-state index is 14.7. The number of nitrogens with zero attached hydrogens (tertiary/aromatic N) is 2. The van der Waals surface area contributed by atoms with Gasteiger partial charge in [0.05, 0.1) is 24.8 Å². The predicted molar refractivity (Wildman–Crippen MR) is 185 cm³/mol. The molecule has 0 aliphatic carbocycles. The summed E-state index contributed by atoms with van der Waals surface area (Å²) >= 11 is 12.7. The molecular formula is C35H37Cl2N3O6S. The molecule has 47 heavy (non-hydrogen) atoms. The number of hydrogen-bond donors (Lipinski definition) is 1. The maximum Gasteiger partial charge on any atom is 0.264 e. The molecule has 1 N–H and O–H groups in total. The molecule has 0 spiro atoms. The lowest BCUT2D eigenvalue weighted by Gasteiger charge is -2.34. The Bertz CT molecular complexity index is 1790. The van der Waals surface area contributed by atoms with E-state index in [1.54, 1.807) is 48.5 Å². The molecule has 0 aromatic heterocycles. The van der Waals surface area contributed by atoms with E-state index in [0.29, 0.717) is 21.4 Å². The highest BCUT2D eigenvalue weighted by molar-refractivity contribution is 7.92. The molecule has 4 aromatic carbocycles. The van der Waals surface area contributed by atoms with E-state index >= 15 is 0 Å². The molecule has 1 atom stereocenters. The zero-order chi connectivity index (χ0) is 34.1. The molecule has 12 heteroatoms. The molecule has 0 fully saturated rings. The molecular weight excluding hydrogens is 661 g/mol. The van der Waals surface area contributed by atoms with Crippen LogP contribution < -0.4 is 19.1 Å². The summed E-state index contributed by atoms with van der Waals surface area (Å²) in [4.78, 5) is 29.8. The van der Waals surface area contributed by atoms with Crippen molar-refractivity contribution in [3.63, 3.8) is 0 Å². The molecule has 0 aliphatic rings. The van der Waals surface area contributed by atoms with Gasteiger partial charge in [-0.2, -0.15) is 0 Å². The van der Waals surface area contributed by atoms with Crippen LogP contribution in [0.25, 0.3) is 0 Å². The molecule has 4 rings (SSSR count). The first-order chi connectivity index (χ1) is 22.4. The number of methoxy groups -OCH3 is 2. The lowest BCUT2D eigenvalue weighted by molar-refractivity contribution is -0.140. The minimum Gasteiger partial charge on any atom is -0.497 e. The van der Waals surface area contributed by atoms with Crippen molar-refractivity contribution in [2.45, 2.75) is 43.8 Å². The van der Waals surface area contributed by atoms with Gasteiger partial charge in [-0.1, -0.05) is 77.8 Å². The van der Waals surface area contributed by atoms with Gasteiger partial charge in [-0.3, -0.25) is 13.9 Å². The van der Waals surface area contributed by atoms with Gasteiger partial charge < -0.3 is 19.7 Å². The van der Waals surface area contributed by atoms with Crippen molar-refractivity contribution in [1.82, 2.24) is 10.2 Å². The summed E-state index contributed by atoms with van der Waals surface area (Å²) in [5.74, 6) is -0.507. The second kappa shape index (κ2) is 16.0. The molecule has 0 heterocycles. The highest BCUT2D eigenvalue weighted by Crippen LogP contribution is 2.36. The number of halogens is 2. The minimum absolute atomic E-state index is 0.0386. The molecule has 2 amide bonds. The van der Waals surface area contributed by atoms with Crippen molar-refractivity contribution in [3.05, 3.63) is 118 Å². The zero-order valence-electron chi connectivity index (χ0n) is 26.5. The van der Waals surface area contributed by atoms with Crippen LogP contribution in [0, 0.1) is 0 Å². The first kappa shape index (κ1) is 35.6. The summed E-state index contributed by atoms with van der Waals surface area (Å²) < 4.78 is 40.5. The molecule has 4 aromatic rings. The number of rotatable bonds is 14. The van der Waals surface area contributed by atoms with E-state index in [-0.39, 0.29) is 35.3 Å². The Labute approximate surface area is 286 Å². The van der Waals surface area contributed by atoms with E-state index in [2.05, 4.69) is 5.32 Å². The highest BCUT2D eigenvalue weighted by Gasteiger charge is 2.36. The van der Waals surface area contributed by atoms with Crippen molar-refractivity contribution < 1.29 is 27.5 Å². The molecule has 0 bridgehead atoms. The Balaban J connectivity index is 1.88. The van der Waals surface area contributed by atoms with Crippen LogP contribution in [-0.2, 0) is 32.6 Å². The monoisotopic (exact) mass is 697 g/mol. The minimum atomic E-state index is -4.34. The van der Waals surface area contributed by atoms with Crippen LogP contribution in [0.1, 0.15) is 25.0 Å². The van der Waals surface area contributed by atoms with Gasteiger partial charge in [0.1, 0.15) is 24.1 Å². The summed E-state index contributed by atoms with van der Waals surface area (Å²) in [6.07, 6.45) is 0.157. The van der Waals surface area contributed by atoms with Crippen LogP contribution >= 0.6 is 23.2 Å². The van der Waals surface area contributed by atoms with Crippen molar-refractivity contribution in [3.8, 4) is 11.5 Å². The largest absolute Gasteiger partial charge is 0.497 e. The Morgan fingerprint density at radius 1 is 0.851 bits per heavy atom. The number of benzene rings is 4. The van der Waals surface area contributed by atoms with E-state index < -0.39 is 34.4 Å². The van der Waals surface area contributed by atoms with Crippen molar-refractivity contribution >= 4 is 50.7 Å². The van der Waals surface area contributed by atoms with Crippen LogP contribution in [0.15, 0.2) is 102 Å². The van der Waals surface area contributed by atoms with Crippen LogP contribution in [0.5, 0.6) is 11.5 Å². The third-order valence-electron chi connectivity index (χ3n) is 7.32. The SMILES string of the molecule is COc1ccc(OC)c(N(CC(=O)N(Cc2ccc(Cl)cc2Cl)[C@H](Cc2ccccc2)C(=O)NC(C)C)S(=O)(=O)c2ccccc2)c1. The summed E-state index contributed by atoms with van der Waals surface area (Å²) in [5.41, 5.74) is 1.41. The van der Waals surface area contributed by atoms with E-state index in [4.69, 9.17) is 32.7 Å². The second-order valence-electron chi connectivity index (χ2n) is 11.0. The van der Waals surface area contributed by atoms with E-state index in [9.17, 15) is 18.0 Å². The fraction of sp³-hybridized carbons (Fsp3) is 0.257. The lowest BCUT2D eigenvalue weighted by Crippen LogP contribution is -2.54. The molecule has 0 aliphatic heterocycles. The normalized spacial score (nSPS) is 11.9. The Morgan fingerprint density at radius 2 is 1.51 bits per heavy atom. The number of nitrogens with one attached hydrogen (secondary N) is 1. The van der Waals surface area contributed by atoms with E-state index in [0.717, 1.165) is 9.87 Å². The third-order valence-corrected chi connectivity index (χ3v) is 9.68. The fourth-order valence-corrected chi connectivity index (χ4v) is 6.90. The summed E-state index contributed by atoms with van der Waals surface area (Å²) in [7, 11) is -1.49. The number of hydrogen-bond acceptors (Lipinski definition) is 6. The second-order valence-corrected chi connectivity index (χ2v) is 13.7. The van der Waals surface area contributed by atoms with Gasteiger partial charge >= 0.3 is 0 Å². The Morgan fingerprint density at radius 3 is 2.11 bits per heavy atom. The molecule has 0 saturated carbocycles. The zero-order valence-corrected chi connectivity index (χ0v) is 28.9. The van der Waals surface area contributed by atoms with Crippen molar-refractivity contribution in [2.75, 3.05) is 25.1 Å². The van der Waals surface area contributed by atoms with Crippen LogP contribution in [0.4, 0.5) is 5.69 Å². The summed E-state index contributed by atoms with van der Waals surface area (Å²) in [5, 5.41) is 3.62. The number of ether oxygens (including phenoxy) is 2. The van der Waals surface area contributed by atoms with Gasteiger partial charge in [0.2, 0.25) is 11.8 Å². The van der Waals surface area contributed by atoms with Gasteiger partial charge in [-0.25, -0.2) is 8.42 Å². The number of sulfonamides is 1. The topological polar surface area (TPSA) is 105 Å². The first-order valence-corrected chi connectivity index (χ1v) is 17.0. The first-order valence-electron chi connectivity index (χ1n) is 14.8. The number of anilines is 1. The average molecular weight is 699 g/mol. The van der Waals surface area contributed by atoms with E-state index in [1.165, 1.54) is 37.3 Å². The fourth-order valence-electron chi connectivity index (χ4n) is 4.99. The van der Waals surface area contributed by atoms with Gasteiger partial charge in [0.25, 0.3) is 10.0 Å². The maximum atomic E-state index is 14.7. The quantitative estimate of drug-likeness (QED) is 0.164. The standard InChI is InChI=1S/C35H37Cl2N3O6S/c1-24(2)38-35(42)32(19-25-11-7-5-8-12-25)39(22-26-15-16-27(36)20-30(26)37)34(41)23-40(47(43,44)29-13-9-6-10-14-29)31-21-28(45-3)17-18-33(31)46-4/h5-18,20-21,24,32H,19,22-23H2,1-4H3,(H,38,42)/t32-/m1/s1. The van der Waals surface area contributed by atoms with Gasteiger partial charge in [0, 0.05) is 35.1 Å². The summed E-state index contributed by atoms with van der Waals surface area (Å²) in [6, 6.07) is 25.3. The molecule has 0 unspecified atom stereocenters. The van der Waals surface area contributed by atoms with Crippen molar-refractivity contribution in [2.24, 2.45) is 0 Å².